The number of aryl methyl sites for hydroxylation is 2. The third kappa shape index (κ3) is 3.25. The van der Waals surface area contributed by atoms with Crippen molar-refractivity contribution in [1.29, 1.82) is 0 Å². The summed E-state index contributed by atoms with van der Waals surface area (Å²) in [5.74, 6) is 0.434. The Bertz CT molecular complexity index is 390. The molecule has 18 heavy (non-hydrogen) atoms. The molecule has 1 aromatic heterocycles. The van der Waals surface area contributed by atoms with Crippen molar-refractivity contribution >= 4 is 11.6 Å². The van der Waals surface area contributed by atoms with Gasteiger partial charge in [0.25, 0.3) is 0 Å². The molecule has 4 nitrogen and oxygen atoms in total. The van der Waals surface area contributed by atoms with E-state index in [1.165, 1.54) is 0 Å². The predicted molar refractivity (Wildman–Crippen MR) is 74.7 cm³/mol. The molecule has 5 heteroatoms. The summed E-state index contributed by atoms with van der Waals surface area (Å²) < 4.78 is 1.76. The molecule has 2 atom stereocenters. The molecule has 0 amide bonds. The van der Waals surface area contributed by atoms with Gasteiger partial charge in [0.1, 0.15) is 0 Å². The van der Waals surface area contributed by atoms with Crippen molar-refractivity contribution in [3.8, 4) is 0 Å². The van der Waals surface area contributed by atoms with E-state index < -0.39 is 6.10 Å². The molecule has 0 saturated carbocycles. The van der Waals surface area contributed by atoms with Gasteiger partial charge in [-0.15, -0.1) is 0 Å². The van der Waals surface area contributed by atoms with Crippen molar-refractivity contribution in [2.45, 2.75) is 39.7 Å². The Balaban J connectivity index is 2.87. The summed E-state index contributed by atoms with van der Waals surface area (Å²) in [6, 6.07) is 0. The third-order valence-corrected chi connectivity index (χ3v) is 3.96. The van der Waals surface area contributed by atoms with Gasteiger partial charge < -0.3 is 10.8 Å². The summed E-state index contributed by atoms with van der Waals surface area (Å²) in [6.07, 6.45) is 0.822. The first-order chi connectivity index (χ1) is 8.42. The largest absolute Gasteiger partial charge is 0.392 e. The van der Waals surface area contributed by atoms with E-state index >= 15 is 0 Å². The number of aliphatic hydroxyl groups excluding tert-OH is 1. The van der Waals surface area contributed by atoms with Crippen LogP contribution in [-0.4, -0.2) is 27.5 Å². The van der Waals surface area contributed by atoms with Crippen LogP contribution in [0.4, 0.5) is 0 Å². The van der Waals surface area contributed by atoms with Crippen LogP contribution in [-0.2, 0) is 19.9 Å². The van der Waals surface area contributed by atoms with Crippen LogP contribution >= 0.6 is 11.6 Å². The van der Waals surface area contributed by atoms with E-state index in [0.717, 1.165) is 17.8 Å². The van der Waals surface area contributed by atoms with Gasteiger partial charge in [0.2, 0.25) is 0 Å². The molecular weight excluding hydrogens is 250 g/mol. The average Bonchev–Trinajstić information content (AvgIpc) is 2.56. The lowest BCUT2D eigenvalue weighted by molar-refractivity contribution is 0.0847. The highest BCUT2D eigenvalue weighted by atomic mass is 35.5. The zero-order valence-corrected chi connectivity index (χ0v) is 12.4. The maximum Gasteiger partial charge on any atom is 0.0850 e. The molecule has 0 aliphatic carbocycles. The Morgan fingerprint density at radius 1 is 1.44 bits per heavy atom. The van der Waals surface area contributed by atoms with E-state index in [0.29, 0.717) is 23.9 Å². The van der Waals surface area contributed by atoms with Gasteiger partial charge >= 0.3 is 0 Å². The van der Waals surface area contributed by atoms with Gasteiger partial charge in [-0.1, -0.05) is 32.4 Å². The van der Waals surface area contributed by atoms with Gasteiger partial charge in [0, 0.05) is 13.5 Å². The van der Waals surface area contributed by atoms with Gasteiger partial charge in [-0.3, -0.25) is 4.68 Å². The van der Waals surface area contributed by atoms with Crippen molar-refractivity contribution in [1.82, 2.24) is 9.78 Å². The van der Waals surface area contributed by atoms with E-state index in [2.05, 4.69) is 18.9 Å². The molecule has 0 aliphatic heterocycles. The quantitative estimate of drug-likeness (QED) is 0.830. The number of hydrogen-bond acceptors (Lipinski definition) is 3. The second-order valence-corrected chi connectivity index (χ2v) is 5.48. The minimum Gasteiger partial charge on any atom is -0.392 e. The predicted octanol–water partition coefficient (Wildman–Crippen LogP) is 1.77. The average molecular weight is 274 g/mol. The van der Waals surface area contributed by atoms with Gasteiger partial charge in [0.05, 0.1) is 22.5 Å². The monoisotopic (exact) mass is 273 g/mol. The molecule has 0 fully saturated rings. The smallest absolute Gasteiger partial charge is 0.0850 e. The number of nitrogens with two attached hydrogens (primary N) is 1. The van der Waals surface area contributed by atoms with E-state index in [1.54, 1.807) is 4.68 Å². The van der Waals surface area contributed by atoms with Crippen molar-refractivity contribution in [3.63, 3.8) is 0 Å². The van der Waals surface area contributed by atoms with Crippen LogP contribution in [0.5, 0.6) is 0 Å². The van der Waals surface area contributed by atoms with Gasteiger partial charge in [-0.2, -0.15) is 5.10 Å². The molecule has 0 spiro atoms. The van der Waals surface area contributed by atoms with E-state index in [1.807, 2.05) is 14.0 Å². The molecule has 1 aromatic rings. The fourth-order valence-corrected chi connectivity index (χ4v) is 2.64. The highest BCUT2D eigenvalue weighted by molar-refractivity contribution is 6.31. The summed E-state index contributed by atoms with van der Waals surface area (Å²) in [5.41, 5.74) is 7.49. The molecule has 0 bridgehead atoms. The van der Waals surface area contributed by atoms with E-state index in [4.69, 9.17) is 17.3 Å². The van der Waals surface area contributed by atoms with Crippen molar-refractivity contribution < 1.29 is 5.11 Å². The minimum atomic E-state index is -0.479. The lowest BCUT2D eigenvalue weighted by Gasteiger charge is -2.25. The molecule has 3 N–H and O–H groups in total. The summed E-state index contributed by atoms with van der Waals surface area (Å²) in [5, 5.41) is 15.3. The molecule has 1 heterocycles. The molecule has 104 valence electrons. The van der Waals surface area contributed by atoms with Crippen LogP contribution in [0.25, 0.3) is 0 Å². The van der Waals surface area contributed by atoms with Crippen LogP contribution in [0.2, 0.25) is 5.02 Å². The molecule has 2 unspecified atom stereocenters. The zero-order valence-electron chi connectivity index (χ0n) is 11.7. The van der Waals surface area contributed by atoms with Crippen LogP contribution in [0.1, 0.15) is 32.2 Å². The summed E-state index contributed by atoms with van der Waals surface area (Å²) in [7, 11) is 1.86. The third-order valence-electron chi connectivity index (χ3n) is 3.53. The second-order valence-electron chi connectivity index (χ2n) is 5.10. The lowest BCUT2D eigenvalue weighted by atomic mass is 9.88. The fraction of sp³-hybridized carbons (Fsp3) is 0.769. The Morgan fingerprint density at radius 2 is 2.06 bits per heavy atom. The highest BCUT2D eigenvalue weighted by Crippen LogP contribution is 2.25. The maximum absolute atomic E-state index is 10.3. The van der Waals surface area contributed by atoms with Crippen molar-refractivity contribution in [3.05, 3.63) is 16.4 Å². The molecule has 0 aromatic carbocycles. The SMILES string of the molecule is CCc1nn(C)c(CC(O)C(CN)C(C)C)c1Cl. The summed E-state index contributed by atoms with van der Waals surface area (Å²) >= 11 is 6.28. The Morgan fingerprint density at radius 3 is 2.44 bits per heavy atom. The topological polar surface area (TPSA) is 64.1 Å². The fourth-order valence-electron chi connectivity index (χ4n) is 2.26. The first kappa shape index (κ1) is 15.5. The Hall–Kier alpha value is -0.580. The van der Waals surface area contributed by atoms with Gasteiger partial charge in [-0.05, 0) is 24.8 Å². The number of aromatic nitrogens is 2. The van der Waals surface area contributed by atoms with E-state index in [-0.39, 0.29) is 5.92 Å². The summed E-state index contributed by atoms with van der Waals surface area (Å²) in [4.78, 5) is 0. The van der Waals surface area contributed by atoms with Crippen LogP contribution in [0.15, 0.2) is 0 Å². The van der Waals surface area contributed by atoms with Gasteiger partial charge in [0.15, 0.2) is 0 Å². The van der Waals surface area contributed by atoms with Crippen molar-refractivity contribution in [2.24, 2.45) is 24.6 Å². The molecule has 0 aliphatic rings. The Labute approximate surface area is 114 Å². The zero-order chi connectivity index (χ0) is 13.9. The molecular formula is C13H24ClN3O. The minimum absolute atomic E-state index is 0.0843. The Kier molecular flexibility index (Phi) is 5.63. The summed E-state index contributed by atoms with van der Waals surface area (Å²) in [6.45, 7) is 6.65. The van der Waals surface area contributed by atoms with Crippen LogP contribution in [0.3, 0.4) is 0 Å². The first-order valence-corrected chi connectivity index (χ1v) is 6.88. The number of hydrogen-bond donors (Lipinski definition) is 2. The number of aliphatic hydroxyl groups is 1. The van der Waals surface area contributed by atoms with Crippen molar-refractivity contribution in [2.75, 3.05) is 6.54 Å². The number of halogens is 1. The van der Waals surface area contributed by atoms with Gasteiger partial charge in [-0.25, -0.2) is 0 Å². The number of nitrogens with zero attached hydrogens (tertiary/aromatic N) is 2. The number of rotatable bonds is 6. The molecule has 0 radical (unpaired) electrons. The lowest BCUT2D eigenvalue weighted by Crippen LogP contribution is -2.34. The van der Waals surface area contributed by atoms with Crippen LogP contribution in [0, 0.1) is 11.8 Å². The van der Waals surface area contributed by atoms with E-state index in [9.17, 15) is 5.11 Å². The first-order valence-electron chi connectivity index (χ1n) is 6.50. The molecule has 0 saturated heterocycles. The highest BCUT2D eigenvalue weighted by Gasteiger charge is 2.24. The normalized spacial score (nSPS) is 15.1. The standard InChI is InChI=1S/C13H24ClN3O/c1-5-10-13(14)11(17(4)16-10)6-12(18)9(7-15)8(2)3/h8-9,12,18H,5-7,15H2,1-4H3. The second kappa shape index (κ2) is 6.55. The maximum atomic E-state index is 10.3. The van der Waals surface area contributed by atoms with Crippen LogP contribution < -0.4 is 5.73 Å². The molecule has 1 rings (SSSR count).